The van der Waals surface area contributed by atoms with Gasteiger partial charge in [0, 0.05) is 47.9 Å². The monoisotopic (exact) mass is 397 g/mol. The number of benzene rings is 1. The Morgan fingerprint density at radius 3 is 2.79 bits per heavy atom. The Balaban J connectivity index is 1.32. The summed E-state index contributed by atoms with van der Waals surface area (Å²) in [7, 11) is 0. The Labute approximate surface area is 169 Å². The van der Waals surface area contributed by atoms with Crippen molar-refractivity contribution in [2.45, 2.75) is 32.6 Å². The molecule has 0 unspecified atom stereocenters. The van der Waals surface area contributed by atoms with E-state index in [1.165, 1.54) is 0 Å². The van der Waals surface area contributed by atoms with Crippen LogP contribution in [0.25, 0.3) is 0 Å². The van der Waals surface area contributed by atoms with Crippen LogP contribution in [0.15, 0.2) is 36.4 Å². The fourth-order valence-corrected chi connectivity index (χ4v) is 3.72. The lowest BCUT2D eigenvalue weighted by atomic mass is 10.0. The van der Waals surface area contributed by atoms with Gasteiger partial charge < -0.3 is 9.64 Å². The van der Waals surface area contributed by atoms with Gasteiger partial charge in [0.05, 0.1) is 12.3 Å². The Morgan fingerprint density at radius 2 is 2.00 bits per heavy atom. The van der Waals surface area contributed by atoms with Gasteiger partial charge in [-0.15, -0.1) is 0 Å². The second-order valence-corrected chi connectivity index (χ2v) is 7.65. The number of aromatic amines is 1. The molecule has 1 aliphatic rings. The van der Waals surface area contributed by atoms with E-state index in [1.54, 1.807) is 0 Å². The largest absolute Gasteiger partial charge is 0.493 e. The van der Waals surface area contributed by atoms with Crippen LogP contribution in [0.5, 0.6) is 5.75 Å². The summed E-state index contributed by atoms with van der Waals surface area (Å²) in [4.78, 5) is 11.3. The molecule has 3 aromatic rings. The third kappa shape index (κ3) is 4.44. The summed E-state index contributed by atoms with van der Waals surface area (Å²) < 4.78 is 5.77. The predicted molar refractivity (Wildman–Crippen MR) is 110 cm³/mol. The zero-order valence-corrected chi connectivity index (χ0v) is 16.9. The number of anilines is 1. The molecule has 2 aromatic heterocycles. The molecule has 0 saturated carbocycles. The van der Waals surface area contributed by atoms with Crippen molar-refractivity contribution in [2.24, 2.45) is 0 Å². The maximum absolute atomic E-state index is 5.89. The molecule has 1 saturated heterocycles. The molecule has 0 spiro atoms. The van der Waals surface area contributed by atoms with E-state index in [-0.39, 0.29) is 0 Å². The van der Waals surface area contributed by atoms with Gasteiger partial charge in [0.15, 0.2) is 0 Å². The first-order valence-electron chi connectivity index (χ1n) is 9.56. The Kier molecular flexibility index (Phi) is 5.48. The molecule has 0 aliphatic carbocycles. The molecule has 146 valence electrons. The van der Waals surface area contributed by atoms with E-state index in [0.29, 0.717) is 17.5 Å². The molecular formula is C21H24ClN5O. The topological polar surface area (TPSA) is 66.9 Å². The molecule has 0 amide bonds. The molecular weight excluding hydrogens is 374 g/mol. The maximum Gasteiger partial charge on any atom is 0.132 e. The predicted octanol–water partition coefficient (Wildman–Crippen LogP) is 4.09. The van der Waals surface area contributed by atoms with E-state index in [9.17, 15) is 0 Å². The van der Waals surface area contributed by atoms with Gasteiger partial charge in [-0.3, -0.25) is 5.10 Å². The van der Waals surface area contributed by atoms with E-state index < -0.39 is 0 Å². The zero-order valence-electron chi connectivity index (χ0n) is 16.2. The minimum absolute atomic E-state index is 0.415. The number of halogens is 1. The Hall–Kier alpha value is -2.60. The number of hydrogen-bond donors (Lipinski definition) is 1. The molecule has 4 rings (SSSR count). The molecule has 28 heavy (non-hydrogen) atoms. The Bertz CT molecular complexity index is 920. The fraction of sp³-hybridized carbons (Fsp3) is 0.381. The van der Waals surface area contributed by atoms with Crippen molar-refractivity contribution < 1.29 is 4.74 Å². The summed E-state index contributed by atoms with van der Waals surface area (Å²) in [6.07, 6.45) is 1.87. The van der Waals surface area contributed by atoms with Crippen LogP contribution < -0.4 is 9.64 Å². The van der Waals surface area contributed by atoms with Gasteiger partial charge in [-0.2, -0.15) is 5.10 Å². The molecule has 6 nitrogen and oxygen atoms in total. The molecule has 1 N–H and O–H groups in total. The summed E-state index contributed by atoms with van der Waals surface area (Å²) in [6, 6.07) is 11.6. The van der Waals surface area contributed by atoms with Gasteiger partial charge in [0.25, 0.3) is 0 Å². The zero-order chi connectivity index (χ0) is 19.5. The van der Waals surface area contributed by atoms with E-state index in [1.807, 2.05) is 38.1 Å². The van der Waals surface area contributed by atoms with Crippen molar-refractivity contribution in [1.29, 1.82) is 0 Å². The lowest BCUT2D eigenvalue weighted by Crippen LogP contribution is -2.21. The second kappa shape index (κ2) is 8.19. The second-order valence-electron chi connectivity index (χ2n) is 7.22. The first kappa shape index (κ1) is 18.7. The quantitative estimate of drug-likeness (QED) is 0.678. The van der Waals surface area contributed by atoms with Gasteiger partial charge in [-0.1, -0.05) is 11.6 Å². The van der Waals surface area contributed by atoms with Crippen molar-refractivity contribution in [3.8, 4) is 5.75 Å². The highest BCUT2D eigenvalue weighted by atomic mass is 35.5. The van der Waals surface area contributed by atoms with Gasteiger partial charge in [0.2, 0.25) is 0 Å². The summed E-state index contributed by atoms with van der Waals surface area (Å²) >= 11 is 5.89. The fourth-order valence-electron chi connectivity index (χ4n) is 3.60. The standard InChI is InChI=1S/C21H24ClN5O/c1-14-11-21(24-15(2)23-14)27-9-7-16(13-27)20-12-18(25-26-20)8-10-28-19-5-3-17(22)4-6-19/h3-6,11-12,16H,7-10,13H2,1-2H3,(H,25,26)/t16-/m0/s1. The molecule has 1 fully saturated rings. The van der Waals surface area contributed by atoms with Crippen LogP contribution in [-0.4, -0.2) is 39.9 Å². The van der Waals surface area contributed by atoms with Gasteiger partial charge in [-0.25, -0.2) is 9.97 Å². The van der Waals surface area contributed by atoms with Crippen molar-refractivity contribution in [3.05, 3.63) is 64.3 Å². The summed E-state index contributed by atoms with van der Waals surface area (Å²) in [6.45, 7) is 6.47. The SMILES string of the molecule is Cc1cc(N2CC[C@H](c3cc(CCOc4ccc(Cl)cc4)[nH]n3)C2)nc(C)n1. The summed E-state index contributed by atoms with van der Waals surface area (Å²) in [5, 5.41) is 8.41. The lowest BCUT2D eigenvalue weighted by molar-refractivity contribution is 0.320. The summed E-state index contributed by atoms with van der Waals surface area (Å²) in [5.74, 6) is 3.07. The third-order valence-corrected chi connectivity index (χ3v) is 5.24. The number of ether oxygens (including phenoxy) is 1. The average molecular weight is 398 g/mol. The Morgan fingerprint density at radius 1 is 1.18 bits per heavy atom. The lowest BCUT2D eigenvalue weighted by Gasteiger charge is -2.17. The smallest absolute Gasteiger partial charge is 0.132 e. The maximum atomic E-state index is 5.89. The molecule has 1 atom stereocenters. The molecule has 0 radical (unpaired) electrons. The van der Waals surface area contributed by atoms with Crippen LogP contribution in [0.4, 0.5) is 5.82 Å². The van der Waals surface area contributed by atoms with Crippen molar-refractivity contribution in [3.63, 3.8) is 0 Å². The number of aromatic nitrogens is 4. The van der Waals surface area contributed by atoms with Crippen LogP contribution in [0.3, 0.4) is 0 Å². The van der Waals surface area contributed by atoms with Crippen molar-refractivity contribution in [1.82, 2.24) is 20.2 Å². The highest BCUT2D eigenvalue weighted by Crippen LogP contribution is 2.29. The number of nitrogens with one attached hydrogen (secondary N) is 1. The first-order valence-corrected chi connectivity index (χ1v) is 9.94. The van der Waals surface area contributed by atoms with E-state index >= 15 is 0 Å². The third-order valence-electron chi connectivity index (χ3n) is 4.99. The highest BCUT2D eigenvalue weighted by molar-refractivity contribution is 6.30. The number of nitrogens with zero attached hydrogens (tertiary/aromatic N) is 4. The van der Waals surface area contributed by atoms with E-state index in [2.05, 4.69) is 37.2 Å². The highest BCUT2D eigenvalue weighted by Gasteiger charge is 2.27. The molecule has 0 bridgehead atoms. The minimum atomic E-state index is 0.415. The molecule has 7 heteroatoms. The number of rotatable bonds is 6. The van der Waals surface area contributed by atoms with Crippen molar-refractivity contribution >= 4 is 17.4 Å². The van der Waals surface area contributed by atoms with Crippen LogP contribution >= 0.6 is 11.6 Å². The van der Waals surface area contributed by atoms with Gasteiger partial charge in [-0.05, 0) is 50.6 Å². The normalized spacial score (nSPS) is 16.5. The van der Waals surface area contributed by atoms with Crippen LogP contribution in [0.2, 0.25) is 5.02 Å². The van der Waals surface area contributed by atoms with Crippen LogP contribution in [-0.2, 0) is 6.42 Å². The van der Waals surface area contributed by atoms with Gasteiger partial charge in [0.1, 0.15) is 17.4 Å². The van der Waals surface area contributed by atoms with Crippen LogP contribution in [0, 0.1) is 13.8 Å². The van der Waals surface area contributed by atoms with Crippen LogP contribution in [0.1, 0.15) is 35.2 Å². The number of hydrogen-bond acceptors (Lipinski definition) is 5. The number of H-pyrrole nitrogens is 1. The number of aryl methyl sites for hydroxylation is 2. The first-order chi connectivity index (χ1) is 13.6. The van der Waals surface area contributed by atoms with E-state index in [4.69, 9.17) is 16.3 Å². The molecule has 3 heterocycles. The van der Waals surface area contributed by atoms with Crippen molar-refractivity contribution in [2.75, 3.05) is 24.6 Å². The van der Waals surface area contributed by atoms with E-state index in [0.717, 1.165) is 60.4 Å². The van der Waals surface area contributed by atoms with Gasteiger partial charge >= 0.3 is 0 Å². The molecule has 1 aliphatic heterocycles. The minimum Gasteiger partial charge on any atom is -0.493 e. The molecule has 1 aromatic carbocycles. The average Bonchev–Trinajstić information content (AvgIpc) is 3.32. The summed E-state index contributed by atoms with van der Waals surface area (Å²) in [5.41, 5.74) is 3.22.